The Hall–Kier alpha value is -4.26. The number of piperidine rings is 1. The van der Waals surface area contributed by atoms with Crippen LogP contribution in [-0.2, 0) is 9.63 Å². The highest BCUT2D eigenvalue weighted by Gasteiger charge is 2.45. The maximum Gasteiger partial charge on any atom is 0.277 e. The number of aliphatic hydroxyl groups is 1. The monoisotopic (exact) mass is 850 g/mol. The second-order valence-corrected chi connectivity index (χ2v) is 14.0. The lowest BCUT2D eigenvalue weighted by atomic mass is 10.0. The molecule has 284 valence electrons. The zero-order valence-electron chi connectivity index (χ0n) is 28.9. The molecule has 0 saturated carbocycles. The van der Waals surface area contributed by atoms with Crippen molar-refractivity contribution in [1.82, 2.24) is 21.0 Å². The molecule has 4 amide bonds. The Morgan fingerprint density at radius 3 is 2.36 bits per heavy atom. The molecule has 0 spiro atoms. The first-order chi connectivity index (χ1) is 25.6. The van der Waals surface area contributed by atoms with Crippen LogP contribution in [0.5, 0.6) is 0 Å². The fourth-order valence-electron chi connectivity index (χ4n) is 6.22. The van der Waals surface area contributed by atoms with E-state index in [4.69, 9.17) is 4.84 Å². The number of imide groups is 1. The molecule has 6 N–H and O–H groups in total. The van der Waals surface area contributed by atoms with Gasteiger partial charge in [-0.1, -0.05) is 31.7 Å². The summed E-state index contributed by atoms with van der Waals surface area (Å²) in [6.45, 7) is 2.28. The van der Waals surface area contributed by atoms with Gasteiger partial charge >= 0.3 is 0 Å². The first-order valence-corrected chi connectivity index (χ1v) is 18.7. The fraction of sp³-hybridized carbons (Fsp3) is 0.405. The van der Waals surface area contributed by atoms with Gasteiger partial charge in [0.2, 0.25) is 5.91 Å². The van der Waals surface area contributed by atoms with Gasteiger partial charge in [-0.05, 0) is 110 Å². The summed E-state index contributed by atoms with van der Waals surface area (Å²) >= 11 is 1.92. The molecule has 2 heterocycles. The van der Waals surface area contributed by atoms with Crippen LogP contribution in [0, 0.1) is 21.0 Å². The molecule has 1 fully saturated rings. The van der Waals surface area contributed by atoms with Crippen LogP contribution in [0.3, 0.4) is 0 Å². The number of unbranched alkanes of at least 4 members (excludes halogenated alkanes) is 5. The fourth-order valence-corrected chi connectivity index (χ4v) is 6.67. The summed E-state index contributed by atoms with van der Waals surface area (Å²) in [4.78, 5) is 57.5. The summed E-state index contributed by atoms with van der Waals surface area (Å²) in [7, 11) is 0. The molecule has 16 heteroatoms. The third-order valence-electron chi connectivity index (χ3n) is 8.97. The van der Waals surface area contributed by atoms with Crippen molar-refractivity contribution < 1.29 is 42.3 Å². The summed E-state index contributed by atoms with van der Waals surface area (Å²) in [5.74, 6) is -5.53. The van der Waals surface area contributed by atoms with Crippen LogP contribution in [-0.4, -0.2) is 72.1 Å². The normalized spacial score (nSPS) is 16.8. The predicted molar refractivity (Wildman–Crippen MR) is 200 cm³/mol. The van der Waals surface area contributed by atoms with E-state index < -0.39 is 59.0 Å². The molecule has 3 aromatic rings. The SMILES string of the molecule is O=C(NOCCCNCCCCCCCCNc1cccc2c1C(=O)N(C1CCC(O)NC1=O)C2=O)c1ccc(F)c(F)c1Nc1ccc(I)cc1F. The molecular weight excluding hydrogens is 808 g/mol. The van der Waals surface area contributed by atoms with Crippen molar-refractivity contribution in [3.63, 3.8) is 0 Å². The molecule has 2 aliphatic heterocycles. The molecule has 1 saturated heterocycles. The maximum absolute atomic E-state index is 14.6. The van der Waals surface area contributed by atoms with Gasteiger partial charge in [-0.25, -0.2) is 18.7 Å². The Labute approximate surface area is 318 Å². The number of aliphatic hydroxyl groups excluding tert-OH is 1. The van der Waals surface area contributed by atoms with Gasteiger partial charge in [0.05, 0.1) is 34.7 Å². The minimum absolute atomic E-state index is 0.111. The number of amides is 4. The number of nitrogens with one attached hydrogen (secondary N) is 5. The molecule has 3 aromatic carbocycles. The second-order valence-electron chi connectivity index (χ2n) is 12.8. The average Bonchev–Trinajstić information content (AvgIpc) is 3.38. The number of carbonyl (C=O) groups excluding carboxylic acids is 4. The first-order valence-electron chi connectivity index (χ1n) is 17.6. The molecule has 0 bridgehead atoms. The van der Waals surface area contributed by atoms with Crippen LogP contribution in [0.2, 0.25) is 0 Å². The molecule has 2 aliphatic rings. The van der Waals surface area contributed by atoms with Gasteiger partial charge in [0.1, 0.15) is 18.1 Å². The quantitative estimate of drug-likeness (QED) is 0.0383. The number of benzene rings is 3. The average molecular weight is 851 g/mol. The standard InChI is InChI=1S/C37H42F3IN6O6/c38-25-13-12-24(33(32(25)40)44-27-14-11-22(41)21-26(27)39)34(49)46-53-20-8-18-42-17-5-3-1-2-4-6-19-43-28-10-7-9-23-31(28)37(52)47(36(23)51)29-15-16-30(48)45-35(29)50/h7,9-14,21,29-30,42-44,48H,1-6,8,15-20H2,(H,45,50)(H,46,49). The molecule has 5 rings (SSSR count). The van der Waals surface area contributed by atoms with E-state index in [1.54, 1.807) is 24.3 Å². The molecular formula is C37H42F3IN6O6. The van der Waals surface area contributed by atoms with Crippen molar-refractivity contribution in [3.8, 4) is 0 Å². The van der Waals surface area contributed by atoms with Crippen LogP contribution in [0.1, 0.15) is 88.9 Å². The van der Waals surface area contributed by atoms with E-state index in [1.807, 2.05) is 22.6 Å². The number of carbonyl (C=O) groups is 4. The Bertz CT molecular complexity index is 1820. The Morgan fingerprint density at radius 1 is 0.868 bits per heavy atom. The summed E-state index contributed by atoms with van der Waals surface area (Å²) in [6, 6.07) is 10.2. The zero-order valence-corrected chi connectivity index (χ0v) is 31.1. The van der Waals surface area contributed by atoms with Crippen LogP contribution in [0.15, 0.2) is 48.5 Å². The van der Waals surface area contributed by atoms with E-state index in [1.165, 1.54) is 12.1 Å². The number of hydrogen-bond donors (Lipinski definition) is 6. The lowest BCUT2D eigenvalue weighted by Gasteiger charge is -2.31. The van der Waals surface area contributed by atoms with E-state index in [-0.39, 0.29) is 41.8 Å². The van der Waals surface area contributed by atoms with Gasteiger partial charge in [0.15, 0.2) is 11.6 Å². The van der Waals surface area contributed by atoms with Crippen LogP contribution in [0.4, 0.5) is 30.2 Å². The topological polar surface area (TPSA) is 161 Å². The molecule has 2 atom stereocenters. The summed E-state index contributed by atoms with van der Waals surface area (Å²) < 4.78 is 43.5. The lowest BCUT2D eigenvalue weighted by molar-refractivity contribution is -0.131. The Kier molecular flexibility index (Phi) is 14.5. The van der Waals surface area contributed by atoms with E-state index in [0.29, 0.717) is 28.8 Å². The van der Waals surface area contributed by atoms with Crippen molar-refractivity contribution in [2.75, 3.05) is 36.9 Å². The highest BCUT2D eigenvalue weighted by molar-refractivity contribution is 14.1. The second kappa shape index (κ2) is 19.2. The van der Waals surface area contributed by atoms with E-state index in [0.717, 1.165) is 62.1 Å². The van der Waals surface area contributed by atoms with Crippen LogP contribution >= 0.6 is 22.6 Å². The first kappa shape index (κ1) is 39.9. The van der Waals surface area contributed by atoms with E-state index in [9.17, 15) is 37.5 Å². The largest absolute Gasteiger partial charge is 0.384 e. The van der Waals surface area contributed by atoms with Gasteiger partial charge in [-0.3, -0.25) is 28.9 Å². The number of fused-ring (bicyclic) bond motifs is 1. The highest BCUT2D eigenvalue weighted by Crippen LogP contribution is 2.33. The van der Waals surface area contributed by atoms with Crippen molar-refractivity contribution >= 4 is 63.3 Å². The Balaban J connectivity index is 0.908. The third kappa shape index (κ3) is 10.2. The van der Waals surface area contributed by atoms with Gasteiger partial charge in [0, 0.05) is 15.8 Å². The number of nitrogens with zero attached hydrogens (tertiary/aromatic N) is 1. The minimum atomic E-state index is -1.31. The molecule has 0 radical (unpaired) electrons. The minimum Gasteiger partial charge on any atom is -0.384 e. The van der Waals surface area contributed by atoms with Crippen molar-refractivity contribution in [3.05, 3.63) is 86.2 Å². The zero-order chi connectivity index (χ0) is 37.9. The third-order valence-corrected chi connectivity index (χ3v) is 9.64. The number of anilines is 3. The summed E-state index contributed by atoms with van der Waals surface area (Å²) in [6.07, 6.45) is 6.11. The van der Waals surface area contributed by atoms with Crippen molar-refractivity contribution in [2.45, 2.75) is 70.1 Å². The number of hydrogen-bond acceptors (Lipinski definition) is 9. The van der Waals surface area contributed by atoms with Crippen LogP contribution in [0.25, 0.3) is 0 Å². The Morgan fingerprint density at radius 2 is 1.60 bits per heavy atom. The molecule has 53 heavy (non-hydrogen) atoms. The van der Waals surface area contributed by atoms with Gasteiger partial charge in [0.25, 0.3) is 17.7 Å². The molecule has 12 nitrogen and oxygen atoms in total. The summed E-state index contributed by atoms with van der Waals surface area (Å²) in [5.41, 5.74) is 2.49. The van der Waals surface area contributed by atoms with E-state index >= 15 is 0 Å². The molecule has 0 aromatic heterocycles. The lowest BCUT2D eigenvalue weighted by Crippen LogP contribution is -2.55. The number of hydroxylamine groups is 1. The van der Waals surface area contributed by atoms with Crippen LogP contribution < -0.4 is 26.7 Å². The number of halogens is 4. The predicted octanol–water partition coefficient (Wildman–Crippen LogP) is 5.74. The molecule has 2 unspecified atom stereocenters. The molecule has 0 aliphatic carbocycles. The van der Waals surface area contributed by atoms with E-state index in [2.05, 4.69) is 26.7 Å². The maximum atomic E-state index is 14.6. The van der Waals surface area contributed by atoms with Gasteiger partial charge < -0.3 is 26.4 Å². The van der Waals surface area contributed by atoms with Gasteiger partial charge in [-0.15, -0.1) is 0 Å². The number of rotatable bonds is 19. The smallest absolute Gasteiger partial charge is 0.277 e. The van der Waals surface area contributed by atoms with Gasteiger partial charge in [-0.2, -0.15) is 0 Å². The van der Waals surface area contributed by atoms with Crippen molar-refractivity contribution in [2.24, 2.45) is 0 Å². The highest BCUT2D eigenvalue weighted by atomic mass is 127. The summed E-state index contributed by atoms with van der Waals surface area (Å²) in [5, 5.41) is 21.2. The van der Waals surface area contributed by atoms with Crippen molar-refractivity contribution in [1.29, 1.82) is 0 Å².